The van der Waals surface area contributed by atoms with E-state index >= 15 is 0 Å². The average molecular weight is 349 g/mol. The van der Waals surface area contributed by atoms with Crippen LogP contribution in [0.5, 0.6) is 5.75 Å². The van der Waals surface area contributed by atoms with Crippen LogP contribution in [0.15, 0.2) is 35.3 Å². The highest BCUT2D eigenvalue weighted by atomic mass is 16.5. The molecule has 26 heavy (non-hydrogen) atoms. The standard InChI is InChI=1S/C18H15N5O3/c1-9(24)11-5-7-26-14-3-2-10(8-13(11)14)23-15-12-4-6-19-16(12)21-22-17(15)20-18(23)25/h2-4,6,8,11H,5,7H2,1H3,(H,19,21)(H,20,22,25). The Kier molecular flexibility index (Phi) is 3.03. The fourth-order valence-corrected chi connectivity index (χ4v) is 3.67. The predicted molar refractivity (Wildman–Crippen MR) is 94.9 cm³/mol. The molecule has 1 atom stereocenters. The molecule has 0 saturated carbocycles. The molecule has 0 radical (unpaired) electrons. The molecule has 0 amide bonds. The summed E-state index contributed by atoms with van der Waals surface area (Å²) in [4.78, 5) is 30.4. The van der Waals surface area contributed by atoms with Crippen molar-refractivity contribution in [1.82, 2.24) is 24.7 Å². The van der Waals surface area contributed by atoms with Gasteiger partial charge in [0.15, 0.2) is 11.3 Å². The van der Waals surface area contributed by atoms with Crippen molar-refractivity contribution in [2.24, 2.45) is 0 Å². The van der Waals surface area contributed by atoms with Gasteiger partial charge in [0.2, 0.25) is 0 Å². The van der Waals surface area contributed by atoms with E-state index in [1.807, 2.05) is 24.3 Å². The molecular weight excluding hydrogens is 334 g/mol. The number of nitrogens with zero attached hydrogens (tertiary/aromatic N) is 3. The Morgan fingerprint density at radius 2 is 2.12 bits per heavy atom. The summed E-state index contributed by atoms with van der Waals surface area (Å²) in [5, 5.41) is 8.95. The van der Waals surface area contributed by atoms with Gasteiger partial charge >= 0.3 is 5.69 Å². The van der Waals surface area contributed by atoms with E-state index in [1.165, 1.54) is 0 Å². The number of ether oxygens (including phenoxy) is 1. The fourth-order valence-electron chi connectivity index (χ4n) is 3.67. The van der Waals surface area contributed by atoms with E-state index < -0.39 is 0 Å². The molecule has 4 heterocycles. The van der Waals surface area contributed by atoms with Crippen molar-refractivity contribution in [2.45, 2.75) is 19.3 Å². The summed E-state index contributed by atoms with van der Waals surface area (Å²) in [5.74, 6) is 0.572. The Bertz CT molecular complexity index is 1230. The van der Waals surface area contributed by atoms with Crippen LogP contribution in [0.25, 0.3) is 27.9 Å². The van der Waals surface area contributed by atoms with Gasteiger partial charge in [0, 0.05) is 23.1 Å². The maximum atomic E-state index is 12.6. The SMILES string of the molecule is CC(=O)C1CCOc2ccc(-n3c(=O)[nH]c4nnc5[nH]ccc5c43)cc21. The summed E-state index contributed by atoms with van der Waals surface area (Å²) in [6.45, 7) is 2.10. The molecule has 0 bridgehead atoms. The van der Waals surface area contributed by atoms with Crippen molar-refractivity contribution >= 4 is 28.0 Å². The van der Waals surface area contributed by atoms with Crippen molar-refractivity contribution in [3.8, 4) is 11.4 Å². The molecule has 4 aromatic rings. The van der Waals surface area contributed by atoms with Crippen LogP contribution in [0.4, 0.5) is 0 Å². The smallest absolute Gasteiger partial charge is 0.332 e. The zero-order chi connectivity index (χ0) is 17.8. The fraction of sp³-hybridized carbons (Fsp3) is 0.222. The second-order valence-corrected chi connectivity index (χ2v) is 6.43. The number of aromatic amines is 2. The van der Waals surface area contributed by atoms with Crippen molar-refractivity contribution in [1.29, 1.82) is 0 Å². The summed E-state index contributed by atoms with van der Waals surface area (Å²) in [5.41, 5.74) is 2.84. The molecule has 1 aliphatic heterocycles. The molecule has 5 rings (SSSR count). The third-order valence-corrected chi connectivity index (χ3v) is 4.89. The molecule has 1 unspecified atom stereocenters. The minimum atomic E-state index is -0.306. The number of Topliss-reactive ketones (excluding diaryl/α,β-unsaturated/α-hetero) is 1. The van der Waals surface area contributed by atoms with Crippen molar-refractivity contribution < 1.29 is 9.53 Å². The predicted octanol–water partition coefficient (Wildman–Crippen LogP) is 2.05. The number of carbonyl (C=O) groups excluding carboxylic acids is 1. The number of fused-ring (bicyclic) bond motifs is 4. The third kappa shape index (κ3) is 2.01. The maximum absolute atomic E-state index is 12.6. The average Bonchev–Trinajstić information content (AvgIpc) is 3.23. The van der Waals surface area contributed by atoms with Gasteiger partial charge in [-0.3, -0.25) is 14.3 Å². The van der Waals surface area contributed by atoms with Crippen molar-refractivity contribution in [3.05, 3.63) is 46.5 Å². The number of nitrogens with one attached hydrogen (secondary N) is 2. The molecule has 0 saturated heterocycles. The number of H-pyrrole nitrogens is 2. The normalized spacial score (nSPS) is 16.6. The summed E-state index contributed by atoms with van der Waals surface area (Å²) in [6.07, 6.45) is 2.40. The summed E-state index contributed by atoms with van der Waals surface area (Å²) < 4.78 is 7.24. The van der Waals surface area contributed by atoms with E-state index in [4.69, 9.17) is 4.74 Å². The number of ketones is 1. The second-order valence-electron chi connectivity index (χ2n) is 6.43. The molecule has 8 heteroatoms. The molecule has 1 aromatic carbocycles. The number of benzene rings is 1. The first-order chi connectivity index (χ1) is 12.6. The Labute approximate surface area is 146 Å². The van der Waals surface area contributed by atoms with Gasteiger partial charge in [0.1, 0.15) is 17.0 Å². The quantitative estimate of drug-likeness (QED) is 0.576. The van der Waals surface area contributed by atoms with Crippen LogP contribution in [-0.2, 0) is 4.79 Å². The van der Waals surface area contributed by atoms with Gasteiger partial charge in [-0.15, -0.1) is 10.2 Å². The van der Waals surface area contributed by atoms with Gasteiger partial charge in [-0.05, 0) is 37.6 Å². The lowest BCUT2D eigenvalue weighted by molar-refractivity contribution is -0.119. The van der Waals surface area contributed by atoms with E-state index in [-0.39, 0.29) is 17.4 Å². The maximum Gasteiger partial charge on any atom is 0.332 e. The zero-order valence-corrected chi connectivity index (χ0v) is 13.9. The third-order valence-electron chi connectivity index (χ3n) is 4.89. The minimum Gasteiger partial charge on any atom is -0.493 e. The molecule has 0 spiro atoms. The van der Waals surface area contributed by atoms with Gasteiger partial charge in [0.05, 0.1) is 12.3 Å². The first kappa shape index (κ1) is 14.9. The molecular formula is C18H15N5O3. The largest absolute Gasteiger partial charge is 0.493 e. The Balaban J connectivity index is 1.80. The van der Waals surface area contributed by atoms with E-state index in [0.717, 1.165) is 10.9 Å². The van der Waals surface area contributed by atoms with E-state index in [1.54, 1.807) is 17.7 Å². The Hall–Kier alpha value is -3.42. The summed E-state index contributed by atoms with van der Waals surface area (Å²) in [7, 11) is 0. The number of imidazole rings is 1. The molecule has 1 aliphatic rings. The highest BCUT2D eigenvalue weighted by Crippen LogP contribution is 2.36. The van der Waals surface area contributed by atoms with Gasteiger partial charge in [-0.2, -0.15) is 0 Å². The number of carbonyl (C=O) groups is 1. The topological polar surface area (TPSA) is 106 Å². The van der Waals surface area contributed by atoms with Crippen LogP contribution >= 0.6 is 0 Å². The van der Waals surface area contributed by atoms with E-state index in [2.05, 4.69) is 20.2 Å². The van der Waals surface area contributed by atoms with E-state index in [9.17, 15) is 9.59 Å². The van der Waals surface area contributed by atoms with Crippen LogP contribution in [-0.4, -0.2) is 37.1 Å². The summed E-state index contributed by atoms with van der Waals surface area (Å²) >= 11 is 0. The van der Waals surface area contributed by atoms with Gasteiger partial charge in [0.25, 0.3) is 0 Å². The lowest BCUT2D eigenvalue weighted by atomic mass is 9.89. The van der Waals surface area contributed by atoms with Crippen LogP contribution in [0.3, 0.4) is 0 Å². The molecule has 130 valence electrons. The number of hydrogen-bond donors (Lipinski definition) is 2. The lowest BCUT2D eigenvalue weighted by Crippen LogP contribution is -2.21. The first-order valence-corrected chi connectivity index (χ1v) is 8.35. The zero-order valence-electron chi connectivity index (χ0n) is 13.9. The van der Waals surface area contributed by atoms with Crippen LogP contribution in [0.1, 0.15) is 24.8 Å². The van der Waals surface area contributed by atoms with Crippen molar-refractivity contribution in [3.63, 3.8) is 0 Å². The number of hydrogen-bond acceptors (Lipinski definition) is 5. The molecule has 2 N–H and O–H groups in total. The van der Waals surface area contributed by atoms with Crippen LogP contribution in [0.2, 0.25) is 0 Å². The molecule has 3 aromatic heterocycles. The highest BCUT2D eigenvalue weighted by Gasteiger charge is 2.26. The van der Waals surface area contributed by atoms with E-state index in [0.29, 0.717) is 41.3 Å². The van der Waals surface area contributed by atoms with Gasteiger partial charge in [-0.1, -0.05) is 0 Å². The van der Waals surface area contributed by atoms with Gasteiger partial charge in [-0.25, -0.2) is 4.79 Å². The molecule has 0 fully saturated rings. The number of rotatable bonds is 2. The highest BCUT2D eigenvalue weighted by molar-refractivity contribution is 6.00. The minimum absolute atomic E-state index is 0.0943. The first-order valence-electron chi connectivity index (χ1n) is 8.35. The summed E-state index contributed by atoms with van der Waals surface area (Å²) in [6, 6.07) is 7.34. The Morgan fingerprint density at radius 1 is 1.27 bits per heavy atom. The second kappa shape index (κ2) is 5.29. The lowest BCUT2D eigenvalue weighted by Gasteiger charge is -2.24. The van der Waals surface area contributed by atoms with Crippen LogP contribution < -0.4 is 10.4 Å². The molecule has 8 nitrogen and oxygen atoms in total. The molecule has 0 aliphatic carbocycles. The Morgan fingerprint density at radius 3 is 2.96 bits per heavy atom. The van der Waals surface area contributed by atoms with Gasteiger partial charge < -0.3 is 9.72 Å². The monoisotopic (exact) mass is 349 g/mol. The number of aromatic nitrogens is 5. The van der Waals surface area contributed by atoms with Crippen molar-refractivity contribution in [2.75, 3.05) is 6.61 Å². The van der Waals surface area contributed by atoms with Crippen LogP contribution in [0, 0.1) is 0 Å².